The fourth-order valence-electron chi connectivity index (χ4n) is 1.95. The van der Waals surface area contributed by atoms with Gasteiger partial charge in [-0.3, -0.25) is 19.6 Å². The smallest absolute Gasteiger partial charge is 0.257 e. The highest BCUT2D eigenvalue weighted by molar-refractivity contribution is 6.30. The second kappa shape index (κ2) is 10.2. The van der Waals surface area contributed by atoms with Gasteiger partial charge < -0.3 is 15.4 Å². The molecule has 0 saturated heterocycles. The van der Waals surface area contributed by atoms with Gasteiger partial charge >= 0.3 is 0 Å². The van der Waals surface area contributed by atoms with E-state index >= 15 is 0 Å². The van der Waals surface area contributed by atoms with Crippen molar-refractivity contribution in [1.82, 2.24) is 20.6 Å². The number of hydrogen-bond donors (Lipinski definition) is 2. The first-order valence-corrected chi connectivity index (χ1v) is 8.39. The van der Waals surface area contributed by atoms with E-state index in [1.54, 1.807) is 12.4 Å². The van der Waals surface area contributed by atoms with E-state index in [0.717, 1.165) is 6.07 Å². The molecule has 0 aliphatic carbocycles. The summed E-state index contributed by atoms with van der Waals surface area (Å²) in [5, 5.41) is 5.24. The average Bonchev–Trinajstić information content (AvgIpc) is 2.67. The molecule has 1 aromatic carbocycles. The van der Waals surface area contributed by atoms with E-state index in [1.165, 1.54) is 18.3 Å². The molecule has 0 fully saturated rings. The van der Waals surface area contributed by atoms with Crippen molar-refractivity contribution < 1.29 is 18.7 Å². The number of rotatable bonds is 9. The van der Waals surface area contributed by atoms with Gasteiger partial charge in [0, 0.05) is 30.6 Å². The summed E-state index contributed by atoms with van der Waals surface area (Å²) in [6, 6.07) is 3.90. The summed E-state index contributed by atoms with van der Waals surface area (Å²) >= 11 is 5.57. The fourth-order valence-corrected chi connectivity index (χ4v) is 2.07. The van der Waals surface area contributed by atoms with Gasteiger partial charge in [0.05, 0.1) is 23.5 Å². The largest absolute Gasteiger partial charge is 0.484 e. The van der Waals surface area contributed by atoms with Crippen LogP contribution in [-0.2, 0) is 16.1 Å². The number of amides is 2. The molecule has 0 aliphatic heterocycles. The molecule has 142 valence electrons. The monoisotopic (exact) mass is 392 g/mol. The Bertz CT molecular complexity index is 818. The quantitative estimate of drug-likeness (QED) is 0.637. The number of carbonyl (C=O) groups excluding carboxylic acids is 2. The van der Waals surface area contributed by atoms with Gasteiger partial charge in [-0.15, -0.1) is 0 Å². The minimum atomic E-state index is -0.627. The second-order valence-corrected chi connectivity index (χ2v) is 5.85. The zero-order valence-corrected chi connectivity index (χ0v) is 15.1. The van der Waals surface area contributed by atoms with Crippen molar-refractivity contribution in [2.24, 2.45) is 0 Å². The van der Waals surface area contributed by atoms with E-state index in [4.69, 9.17) is 16.3 Å². The minimum absolute atomic E-state index is 0.0251. The highest BCUT2D eigenvalue weighted by atomic mass is 35.5. The summed E-state index contributed by atoms with van der Waals surface area (Å²) in [5.41, 5.74) is 0.947. The van der Waals surface area contributed by atoms with Gasteiger partial charge in [-0.25, -0.2) is 4.39 Å². The summed E-state index contributed by atoms with van der Waals surface area (Å²) in [6.07, 6.45) is 4.90. The molecule has 0 saturated carbocycles. The zero-order valence-electron chi connectivity index (χ0n) is 14.4. The Morgan fingerprint density at radius 1 is 1.26 bits per heavy atom. The van der Waals surface area contributed by atoms with Crippen molar-refractivity contribution in [3.63, 3.8) is 0 Å². The lowest BCUT2D eigenvalue weighted by Gasteiger charge is -2.09. The first-order valence-electron chi connectivity index (χ1n) is 8.01. The Balaban J connectivity index is 1.64. The third kappa shape index (κ3) is 7.02. The van der Waals surface area contributed by atoms with Crippen molar-refractivity contribution in [2.45, 2.75) is 13.0 Å². The SMILES string of the molecule is C=C(CCNC(=O)COc1ccc(Cl)c(F)c1)C(=O)NCc1cnccn1. The first kappa shape index (κ1) is 20.3. The summed E-state index contributed by atoms with van der Waals surface area (Å²) in [5.74, 6) is -1.17. The number of hydrogen-bond acceptors (Lipinski definition) is 5. The van der Waals surface area contributed by atoms with Crippen LogP contribution in [0.3, 0.4) is 0 Å². The van der Waals surface area contributed by atoms with Crippen LogP contribution in [0.1, 0.15) is 12.1 Å². The summed E-state index contributed by atoms with van der Waals surface area (Å²) in [7, 11) is 0. The van der Waals surface area contributed by atoms with E-state index in [2.05, 4.69) is 27.2 Å². The fraction of sp³-hybridized carbons (Fsp3) is 0.222. The number of halogens is 2. The van der Waals surface area contributed by atoms with Crippen LogP contribution in [-0.4, -0.2) is 34.9 Å². The molecule has 27 heavy (non-hydrogen) atoms. The lowest BCUT2D eigenvalue weighted by atomic mass is 10.2. The molecule has 0 aliphatic rings. The van der Waals surface area contributed by atoms with Crippen molar-refractivity contribution in [3.8, 4) is 5.75 Å². The molecule has 0 radical (unpaired) electrons. The number of nitrogens with zero attached hydrogens (tertiary/aromatic N) is 2. The molecule has 0 spiro atoms. The lowest BCUT2D eigenvalue weighted by Crippen LogP contribution is -2.31. The van der Waals surface area contributed by atoms with Crippen LogP contribution in [0.25, 0.3) is 0 Å². The minimum Gasteiger partial charge on any atom is -0.484 e. The van der Waals surface area contributed by atoms with Gasteiger partial charge in [-0.05, 0) is 18.6 Å². The van der Waals surface area contributed by atoms with E-state index in [-0.39, 0.29) is 42.8 Å². The molecule has 2 rings (SSSR count). The Morgan fingerprint density at radius 3 is 2.78 bits per heavy atom. The van der Waals surface area contributed by atoms with Gasteiger partial charge in [0.1, 0.15) is 11.6 Å². The molecule has 9 heteroatoms. The molecule has 0 unspecified atom stereocenters. The number of ether oxygens (including phenoxy) is 1. The maximum Gasteiger partial charge on any atom is 0.257 e. The Labute approximate surface area is 160 Å². The van der Waals surface area contributed by atoms with E-state index in [1.807, 2.05) is 0 Å². The maximum atomic E-state index is 13.3. The van der Waals surface area contributed by atoms with Crippen LogP contribution in [0.4, 0.5) is 4.39 Å². The highest BCUT2D eigenvalue weighted by Crippen LogP contribution is 2.20. The van der Waals surface area contributed by atoms with Gasteiger partial charge in [0.15, 0.2) is 6.61 Å². The topological polar surface area (TPSA) is 93.2 Å². The second-order valence-electron chi connectivity index (χ2n) is 5.45. The molecule has 0 bridgehead atoms. The molecule has 2 aromatic rings. The Morgan fingerprint density at radius 2 is 2.07 bits per heavy atom. The van der Waals surface area contributed by atoms with E-state index in [9.17, 15) is 14.0 Å². The van der Waals surface area contributed by atoms with Crippen LogP contribution in [0.2, 0.25) is 5.02 Å². The number of benzene rings is 1. The van der Waals surface area contributed by atoms with Crippen molar-refractivity contribution in [3.05, 3.63) is 65.5 Å². The summed E-state index contributed by atoms with van der Waals surface area (Å²) < 4.78 is 18.4. The van der Waals surface area contributed by atoms with Gasteiger partial charge in [-0.1, -0.05) is 18.2 Å². The predicted octanol–water partition coefficient (Wildman–Crippen LogP) is 2.03. The average molecular weight is 393 g/mol. The van der Waals surface area contributed by atoms with E-state index < -0.39 is 11.7 Å². The van der Waals surface area contributed by atoms with E-state index in [0.29, 0.717) is 11.3 Å². The molecule has 7 nitrogen and oxygen atoms in total. The molecule has 0 atom stereocenters. The Kier molecular flexibility index (Phi) is 7.69. The van der Waals surface area contributed by atoms with Gasteiger partial charge in [0.25, 0.3) is 5.91 Å². The Hall–Kier alpha value is -3.00. The standard InChI is InChI=1S/C18H18ClFN4O3/c1-12(18(26)24-10-13-9-21-6-7-22-13)4-5-23-17(25)11-27-14-2-3-15(19)16(20)8-14/h2-3,6-9H,1,4-5,10-11H2,(H,23,25)(H,24,26). The van der Waals surface area contributed by atoms with Gasteiger partial charge in [-0.2, -0.15) is 0 Å². The normalized spacial score (nSPS) is 10.1. The third-order valence-corrected chi connectivity index (χ3v) is 3.68. The molecule has 2 amide bonds. The van der Waals surface area contributed by atoms with Crippen LogP contribution < -0.4 is 15.4 Å². The molecule has 1 heterocycles. The lowest BCUT2D eigenvalue weighted by molar-refractivity contribution is -0.123. The number of carbonyl (C=O) groups is 2. The van der Waals surface area contributed by atoms with Crippen LogP contribution >= 0.6 is 11.6 Å². The number of aromatic nitrogens is 2. The number of nitrogens with one attached hydrogen (secondary N) is 2. The molecule has 2 N–H and O–H groups in total. The molecular weight excluding hydrogens is 375 g/mol. The first-order chi connectivity index (χ1) is 13.0. The van der Waals surface area contributed by atoms with Crippen molar-refractivity contribution in [2.75, 3.05) is 13.2 Å². The van der Waals surface area contributed by atoms with Crippen molar-refractivity contribution in [1.29, 1.82) is 0 Å². The summed E-state index contributed by atoms with van der Waals surface area (Å²) in [4.78, 5) is 31.6. The van der Waals surface area contributed by atoms with Crippen LogP contribution in [0, 0.1) is 5.82 Å². The van der Waals surface area contributed by atoms with Crippen molar-refractivity contribution >= 4 is 23.4 Å². The molecular formula is C18H18ClFN4O3. The zero-order chi connectivity index (χ0) is 19.6. The van der Waals surface area contributed by atoms with Crippen LogP contribution in [0.5, 0.6) is 5.75 Å². The predicted molar refractivity (Wildman–Crippen MR) is 97.6 cm³/mol. The van der Waals surface area contributed by atoms with Crippen LogP contribution in [0.15, 0.2) is 48.9 Å². The third-order valence-electron chi connectivity index (χ3n) is 3.38. The molecule has 1 aromatic heterocycles. The summed E-state index contributed by atoms with van der Waals surface area (Å²) in [6.45, 7) is 3.86. The highest BCUT2D eigenvalue weighted by Gasteiger charge is 2.09. The maximum absolute atomic E-state index is 13.3. The van der Waals surface area contributed by atoms with Gasteiger partial charge in [0.2, 0.25) is 5.91 Å².